The van der Waals surface area contributed by atoms with Gasteiger partial charge in [-0.3, -0.25) is 0 Å². The first kappa shape index (κ1) is 14.9. The molecule has 108 valence electrons. The van der Waals surface area contributed by atoms with Crippen LogP contribution in [0.4, 0.5) is 23.2 Å². The van der Waals surface area contributed by atoms with Crippen molar-refractivity contribution in [1.29, 1.82) is 0 Å². The summed E-state index contributed by atoms with van der Waals surface area (Å²) in [4.78, 5) is 2.87. The second kappa shape index (κ2) is 5.44. The molecule has 0 aliphatic rings. The summed E-state index contributed by atoms with van der Waals surface area (Å²) in [7, 11) is 1.30. The number of hydrogen-bond acceptors (Lipinski definition) is 1. The van der Waals surface area contributed by atoms with Crippen LogP contribution in [0.2, 0.25) is 0 Å². The summed E-state index contributed by atoms with van der Waals surface area (Å²) < 4.78 is 56.9. The standard InChI is InChI=1S/C15H9F4NO/c1-20-13-6-3-9(7-12(13)15(17,18)19)11-5-4-10(16)8-14(11)21-2/h3-8H,2H3. The van der Waals surface area contributed by atoms with Crippen molar-refractivity contribution in [3.8, 4) is 16.9 Å². The molecule has 0 unspecified atom stereocenters. The van der Waals surface area contributed by atoms with E-state index in [1.54, 1.807) is 0 Å². The molecule has 0 saturated carbocycles. The third-order valence-electron chi connectivity index (χ3n) is 2.90. The summed E-state index contributed by atoms with van der Waals surface area (Å²) >= 11 is 0. The van der Waals surface area contributed by atoms with Crippen molar-refractivity contribution < 1.29 is 22.3 Å². The molecule has 21 heavy (non-hydrogen) atoms. The largest absolute Gasteiger partial charge is 0.496 e. The minimum atomic E-state index is -4.64. The van der Waals surface area contributed by atoms with Gasteiger partial charge in [-0.1, -0.05) is 18.2 Å². The smallest absolute Gasteiger partial charge is 0.407 e. The molecule has 0 saturated heterocycles. The van der Waals surface area contributed by atoms with Crippen molar-refractivity contribution in [3.05, 3.63) is 59.2 Å². The summed E-state index contributed by atoms with van der Waals surface area (Å²) in [5.41, 5.74) is -0.985. The lowest BCUT2D eigenvalue weighted by Gasteiger charge is -2.13. The maximum absolute atomic E-state index is 13.1. The summed E-state index contributed by atoms with van der Waals surface area (Å²) in [5.74, 6) is -0.428. The lowest BCUT2D eigenvalue weighted by molar-refractivity contribution is -0.136. The summed E-state index contributed by atoms with van der Waals surface area (Å²) in [6, 6.07) is 6.88. The highest BCUT2D eigenvalue weighted by Gasteiger charge is 2.33. The Hall–Kier alpha value is -2.55. The summed E-state index contributed by atoms with van der Waals surface area (Å²) in [6.07, 6.45) is -4.64. The molecule has 0 atom stereocenters. The van der Waals surface area contributed by atoms with Gasteiger partial charge in [-0.25, -0.2) is 9.24 Å². The predicted octanol–water partition coefficient (Wildman–Crippen LogP) is 5.07. The van der Waals surface area contributed by atoms with Gasteiger partial charge in [-0.05, 0) is 17.7 Å². The van der Waals surface area contributed by atoms with E-state index in [0.717, 1.165) is 24.3 Å². The van der Waals surface area contributed by atoms with Gasteiger partial charge in [0, 0.05) is 11.6 Å². The maximum Gasteiger partial charge on any atom is 0.407 e. The SMILES string of the molecule is [C-]#[N+]c1ccc(-c2ccc(F)cc2OC)cc1C(F)(F)F. The fourth-order valence-electron chi connectivity index (χ4n) is 1.93. The fourth-order valence-corrected chi connectivity index (χ4v) is 1.93. The molecule has 0 heterocycles. The van der Waals surface area contributed by atoms with Crippen LogP contribution in [0.25, 0.3) is 16.0 Å². The van der Waals surface area contributed by atoms with Gasteiger partial charge in [0.05, 0.1) is 19.2 Å². The molecule has 2 nitrogen and oxygen atoms in total. The normalized spacial score (nSPS) is 11.0. The van der Waals surface area contributed by atoms with Crippen molar-refractivity contribution in [1.82, 2.24) is 0 Å². The first-order valence-corrected chi connectivity index (χ1v) is 5.79. The van der Waals surface area contributed by atoms with Crippen molar-refractivity contribution >= 4 is 5.69 Å². The number of hydrogen-bond donors (Lipinski definition) is 0. The van der Waals surface area contributed by atoms with Crippen LogP contribution in [-0.4, -0.2) is 7.11 Å². The van der Waals surface area contributed by atoms with Gasteiger partial charge in [-0.2, -0.15) is 13.2 Å². The second-order valence-electron chi connectivity index (χ2n) is 4.19. The molecule has 0 aliphatic heterocycles. The molecular weight excluding hydrogens is 286 g/mol. The number of rotatable bonds is 2. The molecule has 2 aromatic carbocycles. The van der Waals surface area contributed by atoms with Gasteiger partial charge in [0.15, 0.2) is 5.69 Å². The number of nitrogens with zero attached hydrogens (tertiary/aromatic N) is 1. The highest BCUT2D eigenvalue weighted by molar-refractivity contribution is 5.74. The van der Waals surface area contributed by atoms with Crippen LogP contribution in [-0.2, 0) is 6.18 Å². The van der Waals surface area contributed by atoms with Crippen molar-refractivity contribution in [3.63, 3.8) is 0 Å². The Labute approximate surface area is 118 Å². The average Bonchev–Trinajstić information content (AvgIpc) is 2.45. The van der Waals surface area contributed by atoms with E-state index in [1.807, 2.05) is 0 Å². The molecule has 0 spiro atoms. The lowest BCUT2D eigenvalue weighted by atomic mass is 10.0. The maximum atomic E-state index is 13.1. The number of methoxy groups -OCH3 is 1. The summed E-state index contributed by atoms with van der Waals surface area (Å²) in [5, 5.41) is 0. The lowest BCUT2D eigenvalue weighted by Crippen LogP contribution is -2.05. The number of ether oxygens (including phenoxy) is 1. The minimum Gasteiger partial charge on any atom is -0.496 e. The fraction of sp³-hybridized carbons (Fsp3) is 0.133. The Morgan fingerprint density at radius 2 is 1.81 bits per heavy atom. The van der Waals surface area contributed by atoms with Crippen LogP contribution in [0.1, 0.15) is 5.56 Å². The van der Waals surface area contributed by atoms with E-state index in [-0.39, 0.29) is 11.3 Å². The highest BCUT2D eigenvalue weighted by Crippen LogP contribution is 2.40. The number of halogens is 4. The van der Waals surface area contributed by atoms with Crippen LogP contribution < -0.4 is 4.74 Å². The van der Waals surface area contributed by atoms with E-state index in [9.17, 15) is 17.6 Å². The average molecular weight is 295 g/mol. The van der Waals surface area contributed by atoms with Gasteiger partial charge in [0.1, 0.15) is 11.6 Å². The molecule has 0 aromatic heterocycles. The Balaban J connectivity index is 2.64. The molecule has 2 aromatic rings. The molecule has 0 radical (unpaired) electrons. The van der Waals surface area contributed by atoms with E-state index in [2.05, 4.69) is 4.85 Å². The van der Waals surface area contributed by atoms with Crippen LogP contribution >= 0.6 is 0 Å². The van der Waals surface area contributed by atoms with Crippen LogP contribution in [0.3, 0.4) is 0 Å². The zero-order valence-corrected chi connectivity index (χ0v) is 10.8. The first-order valence-electron chi connectivity index (χ1n) is 5.79. The summed E-state index contributed by atoms with van der Waals surface area (Å²) in [6.45, 7) is 6.80. The van der Waals surface area contributed by atoms with Gasteiger partial charge < -0.3 is 4.74 Å². The molecule has 0 N–H and O–H groups in total. The zero-order chi connectivity index (χ0) is 15.6. The molecule has 6 heteroatoms. The molecule has 0 aliphatic carbocycles. The quantitative estimate of drug-likeness (QED) is 0.557. The van der Waals surface area contributed by atoms with Gasteiger partial charge >= 0.3 is 6.18 Å². The molecule has 0 bridgehead atoms. The van der Waals surface area contributed by atoms with E-state index >= 15 is 0 Å². The number of benzene rings is 2. The van der Waals surface area contributed by atoms with Gasteiger partial charge in [0.25, 0.3) is 0 Å². The van der Waals surface area contributed by atoms with Gasteiger partial charge in [-0.15, -0.1) is 0 Å². The molecule has 2 rings (SSSR count). The van der Waals surface area contributed by atoms with Crippen LogP contribution in [0, 0.1) is 12.4 Å². The Morgan fingerprint density at radius 1 is 1.10 bits per heavy atom. The topological polar surface area (TPSA) is 13.6 Å². The Bertz CT molecular complexity index is 717. The second-order valence-corrected chi connectivity index (χ2v) is 4.19. The van der Waals surface area contributed by atoms with E-state index in [0.29, 0.717) is 5.56 Å². The van der Waals surface area contributed by atoms with Crippen LogP contribution in [0.5, 0.6) is 5.75 Å². The van der Waals surface area contributed by atoms with E-state index in [1.165, 1.54) is 19.2 Å². The highest BCUT2D eigenvalue weighted by atomic mass is 19.4. The third-order valence-corrected chi connectivity index (χ3v) is 2.90. The predicted molar refractivity (Wildman–Crippen MR) is 69.7 cm³/mol. The Kier molecular flexibility index (Phi) is 3.85. The molecular formula is C15H9F4NO. The zero-order valence-electron chi connectivity index (χ0n) is 10.8. The van der Waals surface area contributed by atoms with Gasteiger partial charge in [0.2, 0.25) is 0 Å². The first-order chi connectivity index (χ1) is 9.86. The van der Waals surface area contributed by atoms with E-state index in [4.69, 9.17) is 11.3 Å². The monoisotopic (exact) mass is 295 g/mol. The van der Waals surface area contributed by atoms with Crippen molar-refractivity contribution in [2.45, 2.75) is 6.18 Å². The molecule has 0 fully saturated rings. The Morgan fingerprint density at radius 3 is 2.38 bits per heavy atom. The third kappa shape index (κ3) is 2.97. The van der Waals surface area contributed by atoms with E-state index < -0.39 is 23.2 Å². The van der Waals surface area contributed by atoms with Crippen molar-refractivity contribution in [2.75, 3.05) is 7.11 Å². The van der Waals surface area contributed by atoms with Crippen molar-refractivity contribution in [2.24, 2.45) is 0 Å². The van der Waals surface area contributed by atoms with Crippen LogP contribution in [0.15, 0.2) is 36.4 Å². The number of alkyl halides is 3. The minimum absolute atomic E-state index is 0.124. The molecule has 0 amide bonds.